The summed E-state index contributed by atoms with van der Waals surface area (Å²) in [7, 11) is 0. The van der Waals surface area contributed by atoms with E-state index in [1.165, 1.54) is 5.56 Å². The van der Waals surface area contributed by atoms with Gasteiger partial charge in [0, 0.05) is 0 Å². The molecule has 0 N–H and O–H groups in total. The molecule has 1 aromatic carbocycles. The molecule has 0 heteroatoms. The number of benzene rings is 1. The Morgan fingerprint density at radius 2 is 1.47 bits per heavy atom. The van der Waals surface area contributed by atoms with Gasteiger partial charge in [0.15, 0.2) is 0 Å². The number of rotatable bonds is 7. The Balaban J connectivity index is 2.08. The van der Waals surface area contributed by atoms with Gasteiger partial charge >= 0.3 is 0 Å². The van der Waals surface area contributed by atoms with Crippen LogP contribution >= 0.6 is 0 Å². The van der Waals surface area contributed by atoms with Crippen LogP contribution in [0.3, 0.4) is 0 Å². The van der Waals surface area contributed by atoms with Gasteiger partial charge in [0.25, 0.3) is 0 Å². The molecule has 0 amide bonds. The molecule has 0 nitrogen and oxygen atoms in total. The highest BCUT2D eigenvalue weighted by Gasteiger charge is 1.87. The van der Waals surface area contributed by atoms with Crippen LogP contribution in [0.4, 0.5) is 0 Å². The minimum absolute atomic E-state index is 1.05. The molecule has 0 aromatic heterocycles. The summed E-state index contributed by atoms with van der Waals surface area (Å²) in [6.07, 6.45) is 17.6. The van der Waals surface area contributed by atoms with Crippen molar-refractivity contribution in [3.8, 4) is 0 Å². The summed E-state index contributed by atoms with van der Waals surface area (Å²) in [6.45, 7) is 2.05. The van der Waals surface area contributed by atoms with Crippen molar-refractivity contribution < 1.29 is 0 Å². The van der Waals surface area contributed by atoms with Gasteiger partial charge in [-0.1, -0.05) is 66.8 Å². The highest BCUT2D eigenvalue weighted by atomic mass is 13.9. The summed E-state index contributed by atoms with van der Waals surface area (Å²) < 4.78 is 0. The largest absolute Gasteiger partial charge is 0.0914 e. The maximum atomic E-state index is 2.27. The van der Waals surface area contributed by atoms with Gasteiger partial charge in [0.1, 0.15) is 0 Å². The average Bonchev–Trinajstić information content (AvgIpc) is 2.38. The zero-order valence-corrected chi connectivity index (χ0v) is 10.7. The molecule has 0 aliphatic carbocycles. The molecule has 0 bridgehead atoms. The predicted molar refractivity (Wildman–Crippen MR) is 77.1 cm³/mol. The summed E-state index contributed by atoms with van der Waals surface area (Å²) in [4.78, 5) is 0. The number of hydrogen-bond donors (Lipinski definition) is 0. The topological polar surface area (TPSA) is 0 Å². The lowest BCUT2D eigenvalue weighted by Gasteiger charge is -1.95. The van der Waals surface area contributed by atoms with E-state index in [1.807, 2.05) is 0 Å². The number of aryl methyl sites for hydroxylation is 1. The maximum Gasteiger partial charge on any atom is -0.0169 e. The van der Waals surface area contributed by atoms with Gasteiger partial charge in [0.2, 0.25) is 0 Å². The van der Waals surface area contributed by atoms with Crippen LogP contribution in [0.25, 0.3) is 0 Å². The first kappa shape index (κ1) is 13.5. The van der Waals surface area contributed by atoms with Crippen molar-refractivity contribution >= 4 is 0 Å². The van der Waals surface area contributed by atoms with Crippen molar-refractivity contribution in [3.63, 3.8) is 0 Å². The molecular formula is C17H22. The van der Waals surface area contributed by atoms with E-state index in [2.05, 4.69) is 73.7 Å². The summed E-state index contributed by atoms with van der Waals surface area (Å²) in [6, 6.07) is 10.6. The van der Waals surface area contributed by atoms with Crippen LogP contribution in [0.5, 0.6) is 0 Å². The third-order valence-corrected chi connectivity index (χ3v) is 2.56. The van der Waals surface area contributed by atoms with E-state index in [-0.39, 0.29) is 0 Å². The minimum atomic E-state index is 1.05. The quantitative estimate of drug-likeness (QED) is 0.568. The first-order valence-corrected chi connectivity index (χ1v) is 6.38. The fourth-order valence-corrected chi connectivity index (χ4v) is 1.59. The molecule has 0 radical (unpaired) electrons. The van der Waals surface area contributed by atoms with Gasteiger partial charge in [0.05, 0.1) is 0 Å². The lowest BCUT2D eigenvalue weighted by molar-refractivity contribution is 0.996. The minimum Gasteiger partial charge on any atom is -0.0914 e. The summed E-state index contributed by atoms with van der Waals surface area (Å²) >= 11 is 0. The van der Waals surface area contributed by atoms with Crippen molar-refractivity contribution in [2.24, 2.45) is 0 Å². The Labute approximate surface area is 105 Å². The molecule has 0 aliphatic heterocycles. The number of hydrogen-bond acceptors (Lipinski definition) is 0. The first-order chi connectivity index (χ1) is 8.43. The van der Waals surface area contributed by atoms with E-state index in [0.29, 0.717) is 0 Å². The molecule has 0 saturated carbocycles. The summed E-state index contributed by atoms with van der Waals surface area (Å²) in [5, 5.41) is 0. The highest BCUT2D eigenvalue weighted by Crippen LogP contribution is 2.03. The maximum absolute atomic E-state index is 2.27. The lowest BCUT2D eigenvalue weighted by Crippen LogP contribution is -1.80. The van der Waals surface area contributed by atoms with Gasteiger partial charge in [-0.3, -0.25) is 0 Å². The van der Waals surface area contributed by atoms with Crippen molar-refractivity contribution in [2.75, 3.05) is 0 Å². The Kier molecular flexibility index (Phi) is 7.67. The molecule has 0 heterocycles. The van der Waals surface area contributed by atoms with Crippen LogP contribution in [0, 0.1) is 0 Å². The van der Waals surface area contributed by atoms with Crippen LogP contribution < -0.4 is 0 Å². The molecule has 0 unspecified atom stereocenters. The zero-order chi connectivity index (χ0) is 12.2. The Morgan fingerprint density at radius 1 is 0.824 bits per heavy atom. The Hall–Kier alpha value is -1.56. The third-order valence-electron chi connectivity index (χ3n) is 2.56. The monoisotopic (exact) mass is 226 g/mol. The zero-order valence-electron chi connectivity index (χ0n) is 10.7. The molecule has 17 heavy (non-hydrogen) atoms. The van der Waals surface area contributed by atoms with Crippen molar-refractivity contribution in [2.45, 2.75) is 32.6 Å². The van der Waals surface area contributed by atoms with E-state index in [9.17, 15) is 0 Å². The molecule has 1 aromatic rings. The first-order valence-electron chi connectivity index (χ1n) is 6.38. The van der Waals surface area contributed by atoms with Crippen LogP contribution in [0.15, 0.2) is 66.8 Å². The second-order valence-electron chi connectivity index (χ2n) is 4.01. The van der Waals surface area contributed by atoms with Gasteiger partial charge in [-0.2, -0.15) is 0 Å². The smallest absolute Gasteiger partial charge is 0.0169 e. The standard InChI is InChI=1S/C17H22/c1-2-3-4-5-6-7-8-9-11-14-17-15-12-10-13-16-17/h2-3,5-6,8-10,12-13,15-16H,4,7,11,14H2,1H3/b3-2+,6-5+,9-8+. The van der Waals surface area contributed by atoms with Gasteiger partial charge < -0.3 is 0 Å². The molecule has 0 aliphatic rings. The second kappa shape index (κ2) is 9.65. The molecule has 1 rings (SSSR count). The van der Waals surface area contributed by atoms with Gasteiger partial charge in [-0.25, -0.2) is 0 Å². The number of allylic oxidation sites excluding steroid dienone is 6. The van der Waals surface area contributed by atoms with Crippen molar-refractivity contribution in [3.05, 3.63) is 72.4 Å². The van der Waals surface area contributed by atoms with E-state index in [4.69, 9.17) is 0 Å². The lowest BCUT2D eigenvalue weighted by atomic mass is 10.1. The van der Waals surface area contributed by atoms with Crippen LogP contribution in [-0.4, -0.2) is 0 Å². The van der Waals surface area contributed by atoms with Gasteiger partial charge in [-0.15, -0.1) is 0 Å². The molecule has 90 valence electrons. The van der Waals surface area contributed by atoms with Crippen LogP contribution in [0.2, 0.25) is 0 Å². The summed E-state index contributed by atoms with van der Waals surface area (Å²) in [5.74, 6) is 0. The predicted octanol–water partition coefficient (Wildman–Crippen LogP) is 5.09. The van der Waals surface area contributed by atoms with Crippen molar-refractivity contribution in [1.82, 2.24) is 0 Å². The fraction of sp³-hybridized carbons (Fsp3) is 0.294. The normalized spacial score (nSPS) is 12.1. The van der Waals surface area contributed by atoms with Crippen molar-refractivity contribution in [1.29, 1.82) is 0 Å². The van der Waals surface area contributed by atoms with Crippen LogP contribution in [0.1, 0.15) is 31.7 Å². The van der Waals surface area contributed by atoms with E-state index >= 15 is 0 Å². The molecular weight excluding hydrogens is 204 g/mol. The van der Waals surface area contributed by atoms with E-state index < -0.39 is 0 Å². The second-order valence-corrected chi connectivity index (χ2v) is 4.01. The molecule has 0 atom stereocenters. The van der Waals surface area contributed by atoms with E-state index in [1.54, 1.807) is 0 Å². The summed E-state index contributed by atoms with van der Waals surface area (Å²) in [5.41, 5.74) is 1.42. The molecule has 0 saturated heterocycles. The Bertz CT molecular complexity index is 355. The highest BCUT2D eigenvalue weighted by molar-refractivity contribution is 5.15. The molecule has 0 fully saturated rings. The Morgan fingerprint density at radius 3 is 2.18 bits per heavy atom. The van der Waals surface area contributed by atoms with Gasteiger partial charge in [-0.05, 0) is 38.2 Å². The SMILES string of the molecule is C/C=C/C/C=C/C/C=C/CCc1ccccc1. The fourth-order valence-electron chi connectivity index (χ4n) is 1.59. The van der Waals surface area contributed by atoms with Crippen LogP contribution in [-0.2, 0) is 6.42 Å². The molecule has 0 spiro atoms. The average molecular weight is 226 g/mol. The van der Waals surface area contributed by atoms with E-state index in [0.717, 1.165) is 25.7 Å². The third kappa shape index (κ3) is 7.35.